The monoisotopic (exact) mass is 409 g/mol. The Morgan fingerprint density at radius 2 is 2.17 bits per heavy atom. The third kappa shape index (κ3) is 5.19. The van der Waals surface area contributed by atoms with Gasteiger partial charge in [0.15, 0.2) is 5.16 Å². The smallest absolute Gasteiger partial charge is 0.255 e. The first-order chi connectivity index (χ1) is 14.2. The van der Waals surface area contributed by atoms with Crippen LogP contribution in [0.1, 0.15) is 23.2 Å². The van der Waals surface area contributed by atoms with Crippen molar-refractivity contribution in [3.8, 4) is 5.75 Å². The fraction of sp³-hybridized carbons (Fsp3) is 0.273. The molecular weight excluding hydrogens is 386 g/mol. The van der Waals surface area contributed by atoms with Gasteiger partial charge in [0.1, 0.15) is 12.4 Å². The molecule has 0 bridgehead atoms. The SMILES string of the molecule is Cn1ccnc1Sc1ccc(NC(=O)c2cccc(OCC3CCCO3)c2)cc1. The lowest BCUT2D eigenvalue weighted by Gasteiger charge is -2.12. The highest BCUT2D eigenvalue weighted by atomic mass is 32.2. The first-order valence-corrected chi connectivity index (χ1v) is 10.4. The summed E-state index contributed by atoms with van der Waals surface area (Å²) in [6.07, 6.45) is 5.93. The standard InChI is InChI=1S/C22H23N3O3S/c1-25-12-11-23-22(25)29-20-9-7-17(8-10-20)24-21(26)16-4-2-5-18(14-16)28-15-19-6-3-13-27-19/h2,4-5,7-12,14,19H,3,6,13,15H2,1H3,(H,24,26). The second-order valence-corrected chi connectivity index (χ2v) is 7.92. The number of nitrogens with zero attached hydrogens (tertiary/aromatic N) is 2. The number of anilines is 1. The number of amides is 1. The van der Waals surface area contributed by atoms with Crippen molar-refractivity contribution in [1.29, 1.82) is 0 Å². The molecule has 7 heteroatoms. The van der Waals surface area contributed by atoms with Gasteiger partial charge in [-0.2, -0.15) is 0 Å². The minimum Gasteiger partial charge on any atom is -0.491 e. The number of imidazole rings is 1. The van der Waals surface area contributed by atoms with Crippen molar-refractivity contribution in [2.45, 2.75) is 29.0 Å². The second-order valence-electron chi connectivity index (χ2n) is 6.88. The molecule has 1 aliphatic rings. The summed E-state index contributed by atoms with van der Waals surface area (Å²) in [5.74, 6) is 0.507. The molecule has 150 valence electrons. The topological polar surface area (TPSA) is 65.4 Å². The highest BCUT2D eigenvalue weighted by Crippen LogP contribution is 2.27. The number of nitrogens with one attached hydrogen (secondary N) is 1. The van der Waals surface area contributed by atoms with Crippen LogP contribution in [-0.2, 0) is 11.8 Å². The van der Waals surface area contributed by atoms with E-state index in [-0.39, 0.29) is 12.0 Å². The van der Waals surface area contributed by atoms with Gasteiger partial charge in [0, 0.05) is 42.2 Å². The fourth-order valence-electron chi connectivity index (χ4n) is 3.06. The Bertz CT molecular complexity index is 965. The Morgan fingerprint density at radius 3 is 2.90 bits per heavy atom. The van der Waals surface area contributed by atoms with Crippen LogP contribution >= 0.6 is 11.8 Å². The van der Waals surface area contributed by atoms with Crippen LogP contribution in [0.15, 0.2) is 71.0 Å². The van der Waals surface area contributed by atoms with Crippen molar-refractivity contribution in [3.63, 3.8) is 0 Å². The Kier molecular flexibility index (Phi) is 6.17. The van der Waals surface area contributed by atoms with Gasteiger partial charge < -0.3 is 19.4 Å². The van der Waals surface area contributed by atoms with Crippen molar-refractivity contribution in [2.75, 3.05) is 18.5 Å². The van der Waals surface area contributed by atoms with Gasteiger partial charge in [-0.3, -0.25) is 4.79 Å². The third-order valence-electron chi connectivity index (χ3n) is 4.65. The van der Waals surface area contributed by atoms with Crippen LogP contribution in [0.2, 0.25) is 0 Å². The predicted octanol–water partition coefficient (Wildman–Crippen LogP) is 4.38. The first-order valence-electron chi connectivity index (χ1n) is 9.58. The molecule has 3 aromatic rings. The molecule has 1 unspecified atom stereocenters. The van der Waals surface area contributed by atoms with Gasteiger partial charge in [-0.15, -0.1) is 0 Å². The van der Waals surface area contributed by atoms with E-state index in [0.717, 1.165) is 35.2 Å². The Balaban J connectivity index is 1.35. The number of aryl methyl sites for hydroxylation is 1. The summed E-state index contributed by atoms with van der Waals surface area (Å²) in [5, 5.41) is 3.85. The minimum atomic E-state index is -0.169. The number of ether oxygens (including phenoxy) is 2. The first kappa shape index (κ1) is 19.5. The zero-order valence-electron chi connectivity index (χ0n) is 16.2. The highest BCUT2D eigenvalue weighted by molar-refractivity contribution is 7.99. The molecule has 4 rings (SSSR count). The van der Waals surface area contributed by atoms with Crippen molar-refractivity contribution in [1.82, 2.24) is 9.55 Å². The van der Waals surface area contributed by atoms with Gasteiger partial charge in [-0.25, -0.2) is 4.98 Å². The molecule has 1 N–H and O–H groups in total. The molecule has 2 heterocycles. The minimum absolute atomic E-state index is 0.148. The van der Waals surface area contributed by atoms with Gasteiger partial charge in [0.25, 0.3) is 5.91 Å². The summed E-state index contributed by atoms with van der Waals surface area (Å²) >= 11 is 1.57. The molecule has 2 aromatic carbocycles. The van der Waals surface area contributed by atoms with E-state index in [1.54, 1.807) is 30.1 Å². The molecule has 1 atom stereocenters. The van der Waals surface area contributed by atoms with E-state index in [0.29, 0.717) is 17.9 Å². The maximum Gasteiger partial charge on any atom is 0.255 e. The van der Waals surface area contributed by atoms with Gasteiger partial charge in [0.2, 0.25) is 0 Å². The van der Waals surface area contributed by atoms with Crippen molar-refractivity contribution in [3.05, 3.63) is 66.5 Å². The molecular formula is C22H23N3O3S. The number of hydrogen-bond donors (Lipinski definition) is 1. The van der Waals surface area contributed by atoms with E-state index in [4.69, 9.17) is 9.47 Å². The molecule has 0 spiro atoms. The molecule has 1 aromatic heterocycles. The van der Waals surface area contributed by atoms with E-state index in [2.05, 4.69) is 10.3 Å². The molecule has 1 aliphatic heterocycles. The number of carbonyl (C=O) groups is 1. The molecule has 1 amide bonds. The largest absolute Gasteiger partial charge is 0.491 e. The zero-order valence-corrected chi connectivity index (χ0v) is 17.0. The summed E-state index contributed by atoms with van der Waals surface area (Å²) < 4.78 is 13.3. The van der Waals surface area contributed by atoms with Crippen molar-refractivity contribution < 1.29 is 14.3 Å². The van der Waals surface area contributed by atoms with E-state index in [1.165, 1.54) is 0 Å². The van der Waals surface area contributed by atoms with Crippen LogP contribution in [0.3, 0.4) is 0 Å². The van der Waals surface area contributed by atoms with Crippen molar-refractivity contribution >= 4 is 23.4 Å². The lowest BCUT2D eigenvalue weighted by molar-refractivity contribution is 0.0679. The van der Waals surface area contributed by atoms with Gasteiger partial charge in [-0.05, 0) is 55.3 Å². The quantitative estimate of drug-likeness (QED) is 0.627. The van der Waals surface area contributed by atoms with Crippen LogP contribution in [-0.4, -0.2) is 34.8 Å². The summed E-state index contributed by atoms with van der Waals surface area (Å²) in [7, 11) is 1.96. The van der Waals surface area contributed by atoms with Crippen LogP contribution in [0, 0.1) is 0 Å². The van der Waals surface area contributed by atoms with E-state index in [1.807, 2.05) is 54.2 Å². The summed E-state index contributed by atoms with van der Waals surface area (Å²) in [5.41, 5.74) is 1.30. The lowest BCUT2D eigenvalue weighted by atomic mass is 10.2. The van der Waals surface area contributed by atoms with E-state index in [9.17, 15) is 4.79 Å². The summed E-state index contributed by atoms with van der Waals surface area (Å²) in [4.78, 5) is 18.0. The molecule has 0 aliphatic carbocycles. The Hall–Kier alpha value is -2.77. The molecule has 1 fully saturated rings. The number of aromatic nitrogens is 2. The van der Waals surface area contributed by atoms with Crippen LogP contribution in [0.5, 0.6) is 5.75 Å². The van der Waals surface area contributed by atoms with Gasteiger partial charge in [0.05, 0.1) is 6.10 Å². The van der Waals surface area contributed by atoms with E-state index < -0.39 is 0 Å². The lowest BCUT2D eigenvalue weighted by Crippen LogP contribution is -2.17. The molecule has 6 nitrogen and oxygen atoms in total. The van der Waals surface area contributed by atoms with Gasteiger partial charge >= 0.3 is 0 Å². The zero-order chi connectivity index (χ0) is 20.1. The Labute approximate surface area is 174 Å². The Morgan fingerprint density at radius 1 is 1.31 bits per heavy atom. The third-order valence-corrected chi connectivity index (χ3v) is 5.74. The fourth-order valence-corrected chi connectivity index (χ4v) is 3.86. The molecule has 29 heavy (non-hydrogen) atoms. The molecule has 0 saturated carbocycles. The average Bonchev–Trinajstić information content (AvgIpc) is 3.40. The summed E-state index contributed by atoms with van der Waals surface area (Å²) in [6.45, 7) is 1.32. The van der Waals surface area contributed by atoms with Crippen molar-refractivity contribution in [2.24, 2.45) is 7.05 Å². The molecule has 0 radical (unpaired) electrons. The van der Waals surface area contributed by atoms with Crippen LogP contribution < -0.4 is 10.1 Å². The van der Waals surface area contributed by atoms with Crippen LogP contribution in [0.25, 0.3) is 0 Å². The van der Waals surface area contributed by atoms with E-state index >= 15 is 0 Å². The number of hydrogen-bond acceptors (Lipinski definition) is 5. The maximum atomic E-state index is 12.6. The number of rotatable bonds is 7. The molecule has 1 saturated heterocycles. The second kappa shape index (κ2) is 9.15. The normalized spacial score (nSPS) is 16.0. The van der Waals surface area contributed by atoms with Crippen LogP contribution in [0.4, 0.5) is 5.69 Å². The highest BCUT2D eigenvalue weighted by Gasteiger charge is 2.16. The number of benzene rings is 2. The predicted molar refractivity (Wildman–Crippen MR) is 113 cm³/mol. The number of carbonyl (C=O) groups excluding carboxylic acids is 1. The summed E-state index contributed by atoms with van der Waals surface area (Å²) in [6, 6.07) is 14.9. The maximum absolute atomic E-state index is 12.6. The van der Waals surface area contributed by atoms with Gasteiger partial charge in [-0.1, -0.05) is 17.8 Å². The average molecular weight is 410 g/mol.